The summed E-state index contributed by atoms with van der Waals surface area (Å²) < 4.78 is 4.13. The van der Waals surface area contributed by atoms with Gasteiger partial charge in [-0.1, -0.05) is 76.6 Å². The van der Waals surface area contributed by atoms with Gasteiger partial charge in [0.25, 0.3) is 0 Å². The molecule has 1 unspecified atom stereocenters. The van der Waals surface area contributed by atoms with Crippen molar-refractivity contribution in [3.63, 3.8) is 0 Å². The molecule has 25 heavy (non-hydrogen) atoms. The highest BCUT2D eigenvalue weighted by Crippen LogP contribution is 2.46. The molecule has 0 saturated carbocycles. The Bertz CT molecular complexity index is 916. The smallest absolute Gasteiger partial charge is 0.158 e. The first-order chi connectivity index (χ1) is 12.2. The Labute approximate surface area is 164 Å². The fraction of sp³-hybridized carbons (Fsp3) is 0. The third-order valence-electron chi connectivity index (χ3n) is 3.77. The number of hydrogen-bond donors (Lipinski definition) is 1. The minimum absolute atomic E-state index is 0.834. The van der Waals surface area contributed by atoms with Crippen molar-refractivity contribution in [2.45, 2.75) is 0 Å². The van der Waals surface area contributed by atoms with E-state index in [0.717, 1.165) is 26.0 Å². The lowest BCUT2D eigenvalue weighted by molar-refractivity contribution is 1.20. The van der Waals surface area contributed by atoms with Crippen LogP contribution in [0.1, 0.15) is 5.56 Å². The second-order valence-corrected chi connectivity index (χ2v) is 8.97. The third-order valence-corrected chi connectivity index (χ3v) is 6.79. The molecule has 4 rings (SSSR count). The predicted molar refractivity (Wildman–Crippen MR) is 113 cm³/mol. The summed E-state index contributed by atoms with van der Waals surface area (Å²) in [5, 5.41) is 9.75. The van der Waals surface area contributed by atoms with Gasteiger partial charge in [0.05, 0.1) is 5.69 Å². The van der Waals surface area contributed by atoms with E-state index in [1.165, 1.54) is 5.30 Å². The van der Waals surface area contributed by atoms with Crippen molar-refractivity contribution in [2.24, 2.45) is 5.10 Å². The van der Waals surface area contributed by atoms with Crippen LogP contribution in [0.25, 0.3) is 0 Å². The average Bonchev–Trinajstić information content (AvgIpc) is 3.08. The van der Waals surface area contributed by atoms with Crippen molar-refractivity contribution < 1.29 is 0 Å². The van der Waals surface area contributed by atoms with Crippen LogP contribution in [0, 0.1) is 0 Å². The van der Waals surface area contributed by atoms with Crippen LogP contribution >= 0.6 is 40.1 Å². The molecule has 0 saturated heterocycles. The van der Waals surface area contributed by atoms with Crippen LogP contribution < -0.4 is 15.2 Å². The number of halogens is 2. The Morgan fingerprint density at radius 3 is 2.20 bits per heavy atom. The van der Waals surface area contributed by atoms with E-state index in [4.69, 9.17) is 5.10 Å². The van der Waals surface area contributed by atoms with E-state index in [2.05, 4.69) is 84.2 Å². The van der Waals surface area contributed by atoms with Crippen molar-refractivity contribution >= 4 is 56.9 Å². The maximum absolute atomic E-state index is 4.90. The summed E-state index contributed by atoms with van der Waals surface area (Å²) in [7, 11) is -0.834. The molecule has 1 N–H and O–H groups in total. The summed E-state index contributed by atoms with van der Waals surface area (Å²) in [5.41, 5.74) is 2.12. The Kier molecular flexibility index (Phi) is 4.89. The normalized spacial score (nSPS) is 16.5. The first kappa shape index (κ1) is 16.8. The van der Waals surface area contributed by atoms with E-state index in [0.29, 0.717) is 0 Å². The number of hydrazone groups is 1. The van der Waals surface area contributed by atoms with Crippen LogP contribution in [-0.4, -0.2) is 5.84 Å². The zero-order valence-corrected chi connectivity index (χ0v) is 17.2. The molecule has 1 heterocycles. The van der Waals surface area contributed by atoms with Gasteiger partial charge in [0.1, 0.15) is 8.22 Å². The largest absolute Gasteiger partial charge is 0.325 e. The Morgan fingerprint density at radius 1 is 0.840 bits per heavy atom. The number of rotatable bonds is 3. The maximum atomic E-state index is 4.90. The number of hydrogen-bond acceptors (Lipinski definition) is 3. The molecule has 0 spiro atoms. The van der Waals surface area contributed by atoms with Gasteiger partial charge in [-0.15, -0.1) is 5.10 Å². The number of benzene rings is 3. The molecule has 1 aliphatic heterocycles. The molecule has 1 aliphatic rings. The van der Waals surface area contributed by atoms with Gasteiger partial charge in [-0.05, 0) is 34.1 Å². The first-order valence-corrected chi connectivity index (χ1v) is 10.6. The molecular weight excluding hydrogens is 461 g/mol. The van der Waals surface area contributed by atoms with E-state index in [9.17, 15) is 0 Å². The molecule has 6 heteroatoms. The van der Waals surface area contributed by atoms with Gasteiger partial charge in [-0.25, -0.2) is 4.78 Å². The number of amidine groups is 1. The third kappa shape index (κ3) is 3.50. The number of nitrogens with zero attached hydrogens (tertiary/aromatic N) is 2. The molecule has 0 fully saturated rings. The highest BCUT2D eigenvalue weighted by atomic mass is 79.9. The Morgan fingerprint density at radius 2 is 1.52 bits per heavy atom. The van der Waals surface area contributed by atoms with Gasteiger partial charge in [0.15, 0.2) is 5.84 Å². The average molecular weight is 475 g/mol. The fourth-order valence-electron chi connectivity index (χ4n) is 2.58. The first-order valence-electron chi connectivity index (χ1n) is 7.73. The van der Waals surface area contributed by atoms with Gasteiger partial charge in [0, 0.05) is 19.8 Å². The van der Waals surface area contributed by atoms with E-state index < -0.39 is 8.22 Å². The zero-order valence-electron chi connectivity index (χ0n) is 13.1. The molecule has 3 nitrogen and oxygen atoms in total. The van der Waals surface area contributed by atoms with Gasteiger partial charge in [0.2, 0.25) is 0 Å². The molecule has 124 valence electrons. The van der Waals surface area contributed by atoms with Crippen molar-refractivity contribution in [2.75, 3.05) is 4.78 Å². The summed E-state index contributed by atoms with van der Waals surface area (Å²) in [6, 6.07) is 26.8. The topological polar surface area (TPSA) is 27.6 Å². The molecule has 0 bridgehead atoms. The maximum Gasteiger partial charge on any atom is 0.158 e. The Hall–Kier alpha value is -1.68. The fourth-order valence-corrected chi connectivity index (χ4v) is 5.77. The predicted octanol–water partition coefficient (Wildman–Crippen LogP) is 5.62. The second kappa shape index (κ2) is 7.28. The molecule has 3 aromatic carbocycles. The summed E-state index contributed by atoms with van der Waals surface area (Å²) in [4.78, 5) is 0. The standard InChI is InChI=1S/C19H14Br2N3P/c20-15-11-12-18(17(21)13-15)24-22-19(14-7-3-1-4-8-14)23-25(24)16-9-5-2-6-10-16/h1-13H,(H,22,23). The highest BCUT2D eigenvalue weighted by Gasteiger charge is 2.30. The summed E-state index contributed by atoms with van der Waals surface area (Å²) >= 11 is 7.19. The van der Waals surface area contributed by atoms with Crippen molar-refractivity contribution in [3.8, 4) is 0 Å². The van der Waals surface area contributed by atoms with Crippen LogP contribution in [0.4, 0.5) is 5.69 Å². The van der Waals surface area contributed by atoms with Gasteiger partial charge >= 0.3 is 0 Å². The molecule has 0 aromatic heterocycles. The van der Waals surface area contributed by atoms with Crippen LogP contribution in [0.2, 0.25) is 0 Å². The monoisotopic (exact) mass is 473 g/mol. The van der Waals surface area contributed by atoms with Crippen LogP contribution in [-0.2, 0) is 0 Å². The minimum Gasteiger partial charge on any atom is -0.325 e. The van der Waals surface area contributed by atoms with Crippen LogP contribution in [0.5, 0.6) is 0 Å². The van der Waals surface area contributed by atoms with Crippen LogP contribution in [0.3, 0.4) is 0 Å². The van der Waals surface area contributed by atoms with Crippen molar-refractivity contribution in [3.05, 3.63) is 93.4 Å². The molecule has 0 aliphatic carbocycles. The SMILES string of the molecule is Brc1ccc(N2N=C(c3ccccc3)NP2c2ccccc2)c(Br)c1. The summed E-state index contributed by atoms with van der Waals surface area (Å²) in [6.45, 7) is 0. The van der Waals surface area contributed by atoms with Crippen molar-refractivity contribution in [1.29, 1.82) is 0 Å². The molecule has 3 aromatic rings. The van der Waals surface area contributed by atoms with Crippen molar-refractivity contribution in [1.82, 2.24) is 5.09 Å². The molecule has 1 atom stereocenters. The van der Waals surface area contributed by atoms with E-state index in [1.807, 2.05) is 36.4 Å². The summed E-state index contributed by atoms with van der Waals surface area (Å²) in [6.07, 6.45) is 0. The minimum atomic E-state index is -0.834. The highest BCUT2D eigenvalue weighted by molar-refractivity contribution is 9.11. The van der Waals surface area contributed by atoms with Crippen LogP contribution in [0.15, 0.2) is 92.9 Å². The van der Waals surface area contributed by atoms with Gasteiger partial charge < -0.3 is 5.09 Å². The lowest BCUT2D eigenvalue weighted by Crippen LogP contribution is -2.22. The Balaban J connectivity index is 1.79. The lowest BCUT2D eigenvalue weighted by atomic mass is 10.2. The number of anilines is 1. The number of nitrogens with one attached hydrogen (secondary N) is 1. The quantitative estimate of drug-likeness (QED) is 0.499. The van der Waals surface area contributed by atoms with E-state index in [1.54, 1.807) is 0 Å². The van der Waals surface area contributed by atoms with E-state index in [-0.39, 0.29) is 0 Å². The molecular formula is C19H14Br2N3P. The summed E-state index contributed by atoms with van der Waals surface area (Å²) in [5.74, 6) is 0.894. The lowest BCUT2D eigenvalue weighted by Gasteiger charge is -2.24. The van der Waals surface area contributed by atoms with E-state index >= 15 is 0 Å². The van der Waals surface area contributed by atoms with Gasteiger partial charge in [-0.3, -0.25) is 0 Å². The molecule has 0 amide bonds. The second-order valence-electron chi connectivity index (χ2n) is 5.46. The molecule has 0 radical (unpaired) electrons. The van der Waals surface area contributed by atoms with Gasteiger partial charge in [-0.2, -0.15) is 0 Å². The zero-order chi connectivity index (χ0) is 17.2.